The van der Waals surface area contributed by atoms with Gasteiger partial charge in [-0.05, 0) is 25.6 Å². The lowest BCUT2D eigenvalue weighted by Gasteiger charge is -2.16. The molecule has 0 bridgehead atoms. The zero-order valence-corrected chi connectivity index (χ0v) is 9.92. The van der Waals surface area contributed by atoms with E-state index in [0.29, 0.717) is 0 Å². The molecule has 0 saturated heterocycles. The first-order chi connectivity index (χ1) is 7.94. The molecule has 1 aromatic heterocycles. The second-order valence-corrected chi connectivity index (χ2v) is 3.77. The molecular formula is C11H17F3N2O. The number of rotatable bonds is 6. The fourth-order valence-electron chi connectivity index (χ4n) is 1.61. The van der Waals surface area contributed by atoms with E-state index >= 15 is 0 Å². The van der Waals surface area contributed by atoms with Crippen LogP contribution in [0.2, 0.25) is 0 Å². The summed E-state index contributed by atoms with van der Waals surface area (Å²) >= 11 is 0. The lowest BCUT2D eigenvalue weighted by molar-refractivity contribution is -0.182. The van der Waals surface area contributed by atoms with Crippen LogP contribution in [0.3, 0.4) is 0 Å². The molecule has 0 saturated carbocycles. The molecule has 0 aromatic carbocycles. The molecule has 1 N–H and O–H groups in total. The molecule has 6 heteroatoms. The first kappa shape index (κ1) is 14.1. The van der Waals surface area contributed by atoms with E-state index in [1.54, 1.807) is 16.8 Å². The Kier molecular flexibility index (Phi) is 5.02. The van der Waals surface area contributed by atoms with Crippen molar-refractivity contribution in [2.45, 2.75) is 32.8 Å². The number of ether oxygens (including phenoxy) is 1. The summed E-state index contributed by atoms with van der Waals surface area (Å²) in [5.41, 5.74) is 0.911. The molecule has 0 aliphatic carbocycles. The van der Waals surface area contributed by atoms with Gasteiger partial charge in [-0.2, -0.15) is 13.2 Å². The van der Waals surface area contributed by atoms with Crippen LogP contribution in [0.15, 0.2) is 18.3 Å². The number of nitrogens with one attached hydrogen (secondary N) is 1. The zero-order valence-electron chi connectivity index (χ0n) is 9.92. The van der Waals surface area contributed by atoms with Gasteiger partial charge < -0.3 is 14.6 Å². The monoisotopic (exact) mass is 250 g/mol. The minimum Gasteiger partial charge on any atom is -0.351 e. The Bertz CT molecular complexity index is 336. The Morgan fingerprint density at radius 1 is 1.47 bits per heavy atom. The van der Waals surface area contributed by atoms with Gasteiger partial charge in [-0.3, -0.25) is 0 Å². The molecule has 17 heavy (non-hydrogen) atoms. The minimum absolute atomic E-state index is 0.0857. The number of nitrogens with zero attached hydrogens (tertiary/aromatic N) is 1. The molecule has 0 aliphatic rings. The molecular weight excluding hydrogens is 233 g/mol. The van der Waals surface area contributed by atoms with Gasteiger partial charge in [-0.25, -0.2) is 0 Å². The van der Waals surface area contributed by atoms with Gasteiger partial charge in [-0.1, -0.05) is 6.92 Å². The van der Waals surface area contributed by atoms with Gasteiger partial charge in [-0.15, -0.1) is 0 Å². The molecule has 0 fully saturated rings. The number of aromatic nitrogens is 1. The normalized spacial score (nSPS) is 13.9. The van der Waals surface area contributed by atoms with Crippen LogP contribution in [0.1, 0.15) is 25.6 Å². The van der Waals surface area contributed by atoms with Crippen molar-refractivity contribution in [1.29, 1.82) is 0 Å². The van der Waals surface area contributed by atoms with Crippen LogP contribution in [0.4, 0.5) is 13.2 Å². The first-order valence-corrected chi connectivity index (χ1v) is 5.47. The van der Waals surface area contributed by atoms with Gasteiger partial charge in [0.2, 0.25) is 0 Å². The number of hydrogen-bond acceptors (Lipinski definition) is 2. The molecule has 1 atom stereocenters. The summed E-state index contributed by atoms with van der Waals surface area (Å²) in [5, 5.41) is 3.20. The third-order valence-electron chi connectivity index (χ3n) is 2.31. The van der Waals surface area contributed by atoms with E-state index in [0.717, 1.165) is 12.2 Å². The van der Waals surface area contributed by atoms with Gasteiger partial charge in [0.15, 0.2) is 0 Å². The van der Waals surface area contributed by atoms with Gasteiger partial charge in [0.25, 0.3) is 0 Å². The summed E-state index contributed by atoms with van der Waals surface area (Å²) in [7, 11) is 0. The molecule has 0 spiro atoms. The topological polar surface area (TPSA) is 26.2 Å². The summed E-state index contributed by atoms with van der Waals surface area (Å²) in [6, 6.07) is 3.74. The first-order valence-electron chi connectivity index (χ1n) is 5.47. The molecule has 1 heterocycles. The molecule has 1 unspecified atom stereocenters. The van der Waals surface area contributed by atoms with E-state index in [-0.39, 0.29) is 12.8 Å². The van der Waals surface area contributed by atoms with Crippen LogP contribution >= 0.6 is 0 Å². The van der Waals surface area contributed by atoms with Crippen LogP contribution in [-0.2, 0) is 11.5 Å². The highest BCUT2D eigenvalue weighted by atomic mass is 19.4. The molecule has 0 amide bonds. The van der Waals surface area contributed by atoms with Crippen molar-refractivity contribution in [2.75, 3.05) is 13.2 Å². The van der Waals surface area contributed by atoms with Crippen LogP contribution in [-0.4, -0.2) is 23.9 Å². The Balaban J connectivity index is 2.51. The van der Waals surface area contributed by atoms with Gasteiger partial charge in [0.1, 0.15) is 13.3 Å². The van der Waals surface area contributed by atoms with Crippen molar-refractivity contribution in [3.8, 4) is 0 Å². The molecule has 0 aliphatic heterocycles. The molecule has 0 radical (unpaired) electrons. The SMILES string of the molecule is CCNC(C)c1cccn1COCC(F)(F)F. The predicted octanol–water partition coefficient (Wildman–Crippen LogP) is 2.70. The molecule has 3 nitrogen and oxygen atoms in total. The van der Waals surface area contributed by atoms with E-state index in [4.69, 9.17) is 0 Å². The standard InChI is InChI=1S/C11H17F3N2O/c1-3-15-9(2)10-5-4-6-16(10)8-17-7-11(12,13)14/h4-6,9,15H,3,7-8H2,1-2H3. The summed E-state index contributed by atoms with van der Waals surface area (Å²) in [5.74, 6) is 0. The second kappa shape index (κ2) is 6.07. The molecule has 98 valence electrons. The molecule has 1 aromatic rings. The van der Waals surface area contributed by atoms with Gasteiger partial charge in [0, 0.05) is 17.9 Å². The van der Waals surface area contributed by atoms with E-state index in [9.17, 15) is 13.2 Å². The number of halogens is 3. The van der Waals surface area contributed by atoms with Gasteiger partial charge in [0.05, 0.1) is 0 Å². The number of alkyl halides is 3. The van der Waals surface area contributed by atoms with Gasteiger partial charge >= 0.3 is 6.18 Å². The largest absolute Gasteiger partial charge is 0.411 e. The second-order valence-electron chi connectivity index (χ2n) is 3.77. The zero-order chi connectivity index (χ0) is 12.9. The van der Waals surface area contributed by atoms with Crippen LogP contribution in [0.5, 0.6) is 0 Å². The Labute approximate surface area is 98.6 Å². The van der Waals surface area contributed by atoms with E-state index in [1.165, 1.54) is 0 Å². The Morgan fingerprint density at radius 2 is 2.18 bits per heavy atom. The smallest absolute Gasteiger partial charge is 0.351 e. The van der Waals surface area contributed by atoms with Crippen molar-refractivity contribution in [2.24, 2.45) is 0 Å². The highest BCUT2D eigenvalue weighted by Gasteiger charge is 2.27. The highest BCUT2D eigenvalue weighted by molar-refractivity contribution is 5.10. The third kappa shape index (κ3) is 4.79. The average molecular weight is 250 g/mol. The Morgan fingerprint density at radius 3 is 2.76 bits per heavy atom. The maximum atomic E-state index is 11.9. The highest BCUT2D eigenvalue weighted by Crippen LogP contribution is 2.16. The van der Waals surface area contributed by atoms with Crippen LogP contribution in [0, 0.1) is 0 Å². The minimum atomic E-state index is -4.28. The maximum Gasteiger partial charge on any atom is 0.411 e. The summed E-state index contributed by atoms with van der Waals surface area (Å²) in [4.78, 5) is 0. The lowest BCUT2D eigenvalue weighted by atomic mass is 10.2. The summed E-state index contributed by atoms with van der Waals surface area (Å²) in [6.07, 6.45) is -2.57. The Hall–Kier alpha value is -1.01. The fraction of sp³-hybridized carbons (Fsp3) is 0.636. The van der Waals surface area contributed by atoms with Crippen molar-refractivity contribution in [3.63, 3.8) is 0 Å². The van der Waals surface area contributed by atoms with Crippen molar-refractivity contribution in [3.05, 3.63) is 24.0 Å². The van der Waals surface area contributed by atoms with E-state index in [1.807, 2.05) is 19.9 Å². The quantitative estimate of drug-likeness (QED) is 0.840. The predicted molar refractivity (Wildman–Crippen MR) is 58.5 cm³/mol. The number of hydrogen-bond donors (Lipinski definition) is 1. The van der Waals surface area contributed by atoms with E-state index in [2.05, 4.69) is 10.1 Å². The van der Waals surface area contributed by atoms with Crippen molar-refractivity contribution >= 4 is 0 Å². The summed E-state index contributed by atoms with van der Waals surface area (Å²) < 4.78 is 42.0. The fourth-order valence-corrected chi connectivity index (χ4v) is 1.61. The van der Waals surface area contributed by atoms with E-state index < -0.39 is 12.8 Å². The third-order valence-corrected chi connectivity index (χ3v) is 2.31. The lowest BCUT2D eigenvalue weighted by Crippen LogP contribution is -2.22. The van der Waals surface area contributed by atoms with Crippen molar-refractivity contribution < 1.29 is 17.9 Å². The molecule has 1 rings (SSSR count). The maximum absolute atomic E-state index is 11.9. The van der Waals surface area contributed by atoms with Crippen LogP contribution in [0.25, 0.3) is 0 Å². The average Bonchev–Trinajstić information content (AvgIpc) is 2.64. The van der Waals surface area contributed by atoms with Crippen LogP contribution < -0.4 is 5.32 Å². The van der Waals surface area contributed by atoms with Crippen molar-refractivity contribution in [1.82, 2.24) is 9.88 Å². The summed E-state index contributed by atoms with van der Waals surface area (Å²) in [6.45, 7) is 3.43.